The van der Waals surface area contributed by atoms with Gasteiger partial charge in [-0.3, -0.25) is 4.79 Å². The number of benzene rings is 2. The van der Waals surface area contributed by atoms with Crippen molar-refractivity contribution in [3.8, 4) is 0 Å². The third-order valence-corrected chi connectivity index (χ3v) is 4.69. The molecule has 0 aliphatic heterocycles. The lowest BCUT2D eigenvalue weighted by Crippen LogP contribution is -2.16. The van der Waals surface area contributed by atoms with E-state index in [1.165, 1.54) is 5.56 Å². The summed E-state index contributed by atoms with van der Waals surface area (Å²) in [4.78, 5) is 12.8. The number of aryl methyl sites for hydroxylation is 1. The van der Waals surface area contributed by atoms with Crippen molar-refractivity contribution >= 4 is 28.3 Å². The highest BCUT2D eigenvalue weighted by molar-refractivity contribution is 5.87. The average Bonchev–Trinajstić information content (AvgIpc) is 2.57. The fourth-order valence-corrected chi connectivity index (χ4v) is 3.38. The fourth-order valence-electron chi connectivity index (χ4n) is 3.38. The molecular formula is C21H19NO2. The van der Waals surface area contributed by atoms with Crippen molar-refractivity contribution in [2.45, 2.75) is 26.2 Å². The minimum atomic E-state index is 0.0710. The van der Waals surface area contributed by atoms with E-state index in [1.54, 1.807) is 18.2 Å². The molecule has 0 spiro atoms. The van der Waals surface area contributed by atoms with Crippen LogP contribution in [0, 0.1) is 6.92 Å². The number of hydrogen-bond acceptors (Lipinski definition) is 3. The summed E-state index contributed by atoms with van der Waals surface area (Å²) in [6.07, 6.45) is 4.80. The summed E-state index contributed by atoms with van der Waals surface area (Å²) in [5.74, 6) is 0.729. The molecule has 2 aromatic carbocycles. The summed E-state index contributed by atoms with van der Waals surface area (Å²) >= 11 is 0. The summed E-state index contributed by atoms with van der Waals surface area (Å²) < 4.78 is 6.12. The Morgan fingerprint density at radius 2 is 1.96 bits per heavy atom. The third kappa shape index (κ3) is 2.42. The molecule has 3 nitrogen and oxygen atoms in total. The molecular weight excluding hydrogens is 298 g/mol. The number of rotatable bonds is 1. The van der Waals surface area contributed by atoms with E-state index in [0.717, 1.165) is 41.7 Å². The molecule has 3 heteroatoms. The number of nitrogen functional groups attached to an aromatic ring is 1. The summed E-state index contributed by atoms with van der Waals surface area (Å²) in [6, 6.07) is 13.5. The maximum absolute atomic E-state index is 12.8. The zero-order valence-corrected chi connectivity index (χ0v) is 13.6. The van der Waals surface area contributed by atoms with Crippen LogP contribution in [0.3, 0.4) is 0 Å². The van der Waals surface area contributed by atoms with Crippen LogP contribution in [0.5, 0.6) is 0 Å². The molecule has 1 aromatic heterocycles. The Balaban J connectivity index is 1.96. The normalized spacial score (nSPS) is 15.6. The molecule has 2 N–H and O–H groups in total. The highest BCUT2D eigenvalue weighted by Crippen LogP contribution is 2.33. The van der Waals surface area contributed by atoms with Crippen LogP contribution in [0.1, 0.15) is 35.3 Å². The number of fused-ring (bicyclic) bond motifs is 2. The van der Waals surface area contributed by atoms with E-state index in [2.05, 4.69) is 25.1 Å². The minimum absolute atomic E-state index is 0.0710. The van der Waals surface area contributed by atoms with Crippen LogP contribution in [0.25, 0.3) is 22.6 Å². The molecule has 0 saturated heterocycles. The van der Waals surface area contributed by atoms with Gasteiger partial charge < -0.3 is 10.2 Å². The van der Waals surface area contributed by atoms with Gasteiger partial charge in [-0.25, -0.2) is 0 Å². The highest BCUT2D eigenvalue weighted by Gasteiger charge is 2.21. The van der Waals surface area contributed by atoms with Crippen molar-refractivity contribution in [3.05, 3.63) is 75.1 Å². The summed E-state index contributed by atoms with van der Waals surface area (Å²) in [5, 5.41) is 0.611. The zero-order chi connectivity index (χ0) is 16.7. The van der Waals surface area contributed by atoms with Gasteiger partial charge in [0.05, 0.1) is 5.39 Å². The van der Waals surface area contributed by atoms with Crippen molar-refractivity contribution < 1.29 is 4.42 Å². The predicted octanol–water partition coefficient (Wildman–Crippen LogP) is 4.56. The van der Waals surface area contributed by atoms with Gasteiger partial charge in [0.15, 0.2) is 5.43 Å². The molecule has 0 radical (unpaired) electrons. The number of hydrogen-bond donors (Lipinski definition) is 1. The van der Waals surface area contributed by atoms with Gasteiger partial charge in [-0.1, -0.05) is 24.3 Å². The third-order valence-electron chi connectivity index (χ3n) is 4.69. The van der Waals surface area contributed by atoms with E-state index in [0.29, 0.717) is 16.7 Å². The Bertz CT molecular complexity index is 1030. The van der Waals surface area contributed by atoms with Crippen molar-refractivity contribution in [2.75, 3.05) is 5.73 Å². The van der Waals surface area contributed by atoms with Crippen molar-refractivity contribution in [3.63, 3.8) is 0 Å². The van der Waals surface area contributed by atoms with Crippen LogP contribution in [-0.4, -0.2) is 0 Å². The first-order chi connectivity index (χ1) is 11.6. The van der Waals surface area contributed by atoms with E-state index in [-0.39, 0.29) is 5.43 Å². The van der Waals surface area contributed by atoms with Gasteiger partial charge in [0.1, 0.15) is 11.3 Å². The molecule has 0 bridgehead atoms. The standard InChI is InChI=1S/C21H19NO2/c1-13-5-2-3-6-14(13)11-15-7-4-8-18-20(23)17-10-9-16(22)12-19(17)24-21(15)18/h2-3,5-6,9-12H,4,7-8,22H2,1H3. The largest absolute Gasteiger partial charge is 0.456 e. The first-order valence-corrected chi connectivity index (χ1v) is 8.25. The van der Waals surface area contributed by atoms with E-state index in [9.17, 15) is 4.79 Å². The average molecular weight is 317 g/mol. The van der Waals surface area contributed by atoms with Crippen molar-refractivity contribution in [2.24, 2.45) is 0 Å². The lowest BCUT2D eigenvalue weighted by atomic mass is 9.89. The zero-order valence-electron chi connectivity index (χ0n) is 13.6. The van der Waals surface area contributed by atoms with Crippen molar-refractivity contribution in [1.82, 2.24) is 0 Å². The van der Waals surface area contributed by atoms with E-state index >= 15 is 0 Å². The highest BCUT2D eigenvalue weighted by atomic mass is 16.3. The second-order valence-electron chi connectivity index (χ2n) is 6.37. The second-order valence-corrected chi connectivity index (χ2v) is 6.37. The Hall–Kier alpha value is -2.81. The van der Waals surface area contributed by atoms with Gasteiger partial charge in [0.2, 0.25) is 0 Å². The molecule has 1 aliphatic carbocycles. The molecule has 1 aliphatic rings. The Kier molecular flexibility index (Phi) is 3.49. The molecule has 3 aromatic rings. The van der Waals surface area contributed by atoms with Gasteiger partial charge in [0.25, 0.3) is 0 Å². The summed E-state index contributed by atoms with van der Waals surface area (Å²) in [7, 11) is 0. The van der Waals surface area contributed by atoms with Crippen LogP contribution < -0.4 is 11.2 Å². The fraction of sp³-hybridized carbons (Fsp3) is 0.190. The Labute approximate surface area is 140 Å². The quantitative estimate of drug-likeness (QED) is 0.669. The summed E-state index contributed by atoms with van der Waals surface area (Å²) in [5.41, 5.74) is 11.3. The second kappa shape index (κ2) is 5.68. The van der Waals surface area contributed by atoms with Crippen LogP contribution in [0.4, 0.5) is 5.69 Å². The number of allylic oxidation sites excluding steroid dienone is 1. The predicted molar refractivity (Wildman–Crippen MR) is 98.9 cm³/mol. The molecule has 4 rings (SSSR count). The lowest BCUT2D eigenvalue weighted by Gasteiger charge is -2.18. The van der Waals surface area contributed by atoms with Crippen LogP contribution >= 0.6 is 0 Å². The summed E-state index contributed by atoms with van der Waals surface area (Å²) in [6.45, 7) is 2.09. The molecule has 0 amide bonds. The van der Waals surface area contributed by atoms with Gasteiger partial charge in [-0.2, -0.15) is 0 Å². The first-order valence-electron chi connectivity index (χ1n) is 8.25. The van der Waals surface area contributed by atoms with Gasteiger partial charge in [-0.15, -0.1) is 0 Å². The molecule has 1 heterocycles. The van der Waals surface area contributed by atoms with E-state index < -0.39 is 0 Å². The minimum Gasteiger partial charge on any atom is -0.456 e. The van der Waals surface area contributed by atoms with Gasteiger partial charge in [0, 0.05) is 17.3 Å². The van der Waals surface area contributed by atoms with Crippen LogP contribution in [0.15, 0.2) is 51.7 Å². The number of nitrogens with two attached hydrogens (primary N) is 1. The maximum atomic E-state index is 12.8. The topological polar surface area (TPSA) is 56.2 Å². The smallest absolute Gasteiger partial charge is 0.196 e. The Morgan fingerprint density at radius 3 is 2.79 bits per heavy atom. The van der Waals surface area contributed by atoms with E-state index in [4.69, 9.17) is 10.2 Å². The lowest BCUT2D eigenvalue weighted by molar-refractivity contribution is 0.559. The molecule has 24 heavy (non-hydrogen) atoms. The van der Waals surface area contributed by atoms with E-state index in [1.807, 2.05) is 12.1 Å². The van der Waals surface area contributed by atoms with Gasteiger partial charge in [-0.05, 0) is 61.1 Å². The van der Waals surface area contributed by atoms with Gasteiger partial charge >= 0.3 is 0 Å². The Morgan fingerprint density at radius 1 is 1.12 bits per heavy atom. The maximum Gasteiger partial charge on any atom is 0.196 e. The molecule has 0 atom stereocenters. The molecule has 0 unspecified atom stereocenters. The SMILES string of the molecule is Cc1ccccc1C=C1CCCc2c1oc1cc(N)ccc1c2=O. The molecule has 120 valence electrons. The van der Waals surface area contributed by atoms with Crippen LogP contribution in [-0.2, 0) is 6.42 Å². The molecule has 0 saturated carbocycles. The van der Waals surface area contributed by atoms with Crippen LogP contribution in [0.2, 0.25) is 0 Å². The molecule has 0 fully saturated rings. The van der Waals surface area contributed by atoms with Crippen molar-refractivity contribution in [1.29, 1.82) is 0 Å². The first kappa shape index (κ1) is 14.8. The monoisotopic (exact) mass is 317 g/mol. The number of anilines is 1.